The van der Waals surface area contributed by atoms with E-state index in [4.69, 9.17) is 5.26 Å². The maximum absolute atomic E-state index is 8.72. The predicted molar refractivity (Wildman–Crippen MR) is 59.1 cm³/mol. The van der Waals surface area contributed by atoms with Crippen LogP contribution in [0.5, 0.6) is 0 Å². The second-order valence-corrected chi connectivity index (χ2v) is 3.53. The van der Waals surface area contributed by atoms with E-state index in [9.17, 15) is 0 Å². The molecule has 74 valence electrons. The van der Waals surface area contributed by atoms with Crippen LogP contribution in [0.15, 0.2) is 24.3 Å². The Bertz CT molecular complexity index is 325. The van der Waals surface area contributed by atoms with Gasteiger partial charge in [-0.3, -0.25) is 0 Å². The summed E-state index contributed by atoms with van der Waals surface area (Å²) >= 11 is 0. The highest BCUT2D eigenvalue weighted by molar-refractivity contribution is 5.49. The van der Waals surface area contributed by atoms with Crippen molar-refractivity contribution in [2.24, 2.45) is 0 Å². The summed E-state index contributed by atoms with van der Waals surface area (Å²) in [6.45, 7) is 4.33. The first kappa shape index (κ1) is 10.6. The predicted octanol–water partition coefficient (Wildman–Crippen LogP) is 3.16. The van der Waals surface area contributed by atoms with E-state index < -0.39 is 0 Å². The molecular weight excluding hydrogens is 172 g/mol. The van der Waals surface area contributed by atoms with Gasteiger partial charge in [-0.05, 0) is 31.5 Å². The van der Waals surface area contributed by atoms with Crippen LogP contribution >= 0.6 is 0 Å². The zero-order valence-electron chi connectivity index (χ0n) is 8.75. The average molecular weight is 188 g/mol. The minimum atomic E-state index is 0.467. The molecule has 2 heteroatoms. The molecule has 1 unspecified atom stereocenters. The summed E-state index contributed by atoms with van der Waals surface area (Å²) in [6.07, 6.45) is 2.32. The second kappa shape index (κ2) is 5.29. The van der Waals surface area contributed by atoms with Crippen LogP contribution in [-0.2, 0) is 0 Å². The highest BCUT2D eigenvalue weighted by atomic mass is 14.9. The number of rotatable bonds is 4. The number of nitriles is 1. The zero-order valence-corrected chi connectivity index (χ0v) is 8.75. The molecule has 0 radical (unpaired) electrons. The van der Waals surface area contributed by atoms with Gasteiger partial charge in [0, 0.05) is 11.7 Å². The summed E-state index contributed by atoms with van der Waals surface area (Å²) in [6, 6.07) is 10.2. The van der Waals surface area contributed by atoms with Crippen molar-refractivity contribution < 1.29 is 0 Å². The van der Waals surface area contributed by atoms with E-state index in [2.05, 4.69) is 25.2 Å². The summed E-state index contributed by atoms with van der Waals surface area (Å²) in [5.74, 6) is 0. The lowest BCUT2D eigenvalue weighted by Crippen LogP contribution is -2.14. The third-order valence-electron chi connectivity index (χ3n) is 2.13. The van der Waals surface area contributed by atoms with E-state index >= 15 is 0 Å². The van der Waals surface area contributed by atoms with E-state index in [-0.39, 0.29) is 0 Å². The Morgan fingerprint density at radius 2 is 2.29 bits per heavy atom. The third kappa shape index (κ3) is 3.10. The first-order valence-electron chi connectivity index (χ1n) is 5.03. The second-order valence-electron chi connectivity index (χ2n) is 3.53. The smallest absolute Gasteiger partial charge is 0.0992 e. The molecule has 0 amide bonds. The van der Waals surface area contributed by atoms with Crippen LogP contribution in [0.25, 0.3) is 0 Å². The molecule has 0 fully saturated rings. The summed E-state index contributed by atoms with van der Waals surface area (Å²) < 4.78 is 0. The Morgan fingerprint density at radius 1 is 1.50 bits per heavy atom. The summed E-state index contributed by atoms with van der Waals surface area (Å²) in [4.78, 5) is 0. The first-order valence-corrected chi connectivity index (χ1v) is 5.03. The molecule has 2 nitrogen and oxygen atoms in total. The lowest BCUT2D eigenvalue weighted by Gasteiger charge is -2.13. The fraction of sp³-hybridized carbons (Fsp3) is 0.417. The molecule has 0 aliphatic rings. The van der Waals surface area contributed by atoms with Crippen LogP contribution in [0.3, 0.4) is 0 Å². The maximum Gasteiger partial charge on any atom is 0.0992 e. The molecule has 0 bridgehead atoms. The minimum Gasteiger partial charge on any atom is -0.383 e. The molecule has 1 N–H and O–H groups in total. The lowest BCUT2D eigenvalue weighted by atomic mass is 10.1. The largest absolute Gasteiger partial charge is 0.383 e. The SMILES string of the molecule is CCCC(C)Nc1cccc(C#N)c1. The molecule has 14 heavy (non-hydrogen) atoms. The van der Waals surface area contributed by atoms with Gasteiger partial charge in [0.2, 0.25) is 0 Å². The third-order valence-corrected chi connectivity index (χ3v) is 2.13. The fourth-order valence-electron chi connectivity index (χ4n) is 1.47. The van der Waals surface area contributed by atoms with Crippen molar-refractivity contribution in [2.75, 3.05) is 5.32 Å². The lowest BCUT2D eigenvalue weighted by molar-refractivity contribution is 0.690. The number of nitrogens with one attached hydrogen (secondary N) is 1. The summed E-state index contributed by atoms with van der Waals surface area (Å²) in [5.41, 5.74) is 1.74. The Kier molecular flexibility index (Phi) is 4.00. The van der Waals surface area contributed by atoms with Crippen molar-refractivity contribution in [1.82, 2.24) is 0 Å². The van der Waals surface area contributed by atoms with E-state index in [1.165, 1.54) is 6.42 Å². The van der Waals surface area contributed by atoms with Crippen molar-refractivity contribution in [3.05, 3.63) is 29.8 Å². The molecule has 0 saturated carbocycles. The van der Waals surface area contributed by atoms with Crippen molar-refractivity contribution in [3.8, 4) is 6.07 Å². The number of hydrogen-bond acceptors (Lipinski definition) is 2. The summed E-state index contributed by atoms with van der Waals surface area (Å²) in [7, 11) is 0. The molecule has 0 spiro atoms. The molecule has 0 aromatic heterocycles. The maximum atomic E-state index is 8.72. The van der Waals surface area contributed by atoms with Crippen molar-refractivity contribution in [2.45, 2.75) is 32.7 Å². The van der Waals surface area contributed by atoms with E-state index in [1.54, 1.807) is 0 Å². The topological polar surface area (TPSA) is 35.8 Å². The molecular formula is C12H16N2. The zero-order chi connectivity index (χ0) is 10.4. The molecule has 1 aromatic rings. The van der Waals surface area contributed by atoms with Crippen LogP contribution in [0.4, 0.5) is 5.69 Å². The van der Waals surface area contributed by atoms with Gasteiger partial charge in [0.1, 0.15) is 0 Å². The van der Waals surface area contributed by atoms with Gasteiger partial charge in [-0.15, -0.1) is 0 Å². The van der Waals surface area contributed by atoms with Crippen LogP contribution in [0, 0.1) is 11.3 Å². The van der Waals surface area contributed by atoms with Gasteiger partial charge in [0.25, 0.3) is 0 Å². The van der Waals surface area contributed by atoms with Crippen LogP contribution < -0.4 is 5.32 Å². The van der Waals surface area contributed by atoms with Crippen LogP contribution in [-0.4, -0.2) is 6.04 Å². The number of nitrogens with zero attached hydrogens (tertiary/aromatic N) is 1. The normalized spacial score (nSPS) is 11.8. The first-order chi connectivity index (χ1) is 6.76. The quantitative estimate of drug-likeness (QED) is 0.787. The van der Waals surface area contributed by atoms with Gasteiger partial charge in [-0.25, -0.2) is 0 Å². The van der Waals surface area contributed by atoms with Crippen molar-refractivity contribution >= 4 is 5.69 Å². The number of hydrogen-bond donors (Lipinski definition) is 1. The molecule has 1 atom stereocenters. The van der Waals surface area contributed by atoms with Gasteiger partial charge in [-0.1, -0.05) is 19.4 Å². The number of anilines is 1. The Labute approximate surface area is 85.6 Å². The molecule has 0 heterocycles. The Balaban J connectivity index is 2.63. The van der Waals surface area contributed by atoms with E-state index in [0.29, 0.717) is 11.6 Å². The van der Waals surface area contributed by atoms with Gasteiger partial charge in [0.05, 0.1) is 11.6 Å². The fourth-order valence-corrected chi connectivity index (χ4v) is 1.47. The molecule has 1 rings (SSSR count). The summed E-state index contributed by atoms with van der Waals surface area (Å²) in [5, 5.41) is 12.1. The molecule has 0 aliphatic carbocycles. The van der Waals surface area contributed by atoms with Gasteiger partial charge < -0.3 is 5.32 Å². The highest BCUT2D eigenvalue weighted by Gasteiger charge is 2.00. The van der Waals surface area contributed by atoms with Crippen molar-refractivity contribution in [1.29, 1.82) is 5.26 Å². The van der Waals surface area contributed by atoms with E-state index in [0.717, 1.165) is 12.1 Å². The van der Waals surface area contributed by atoms with Gasteiger partial charge in [-0.2, -0.15) is 5.26 Å². The average Bonchev–Trinajstić information content (AvgIpc) is 2.18. The van der Waals surface area contributed by atoms with Gasteiger partial charge >= 0.3 is 0 Å². The molecule has 0 saturated heterocycles. The minimum absolute atomic E-state index is 0.467. The van der Waals surface area contributed by atoms with Crippen LogP contribution in [0.2, 0.25) is 0 Å². The van der Waals surface area contributed by atoms with E-state index in [1.807, 2.05) is 24.3 Å². The molecule has 0 aliphatic heterocycles. The molecule has 1 aromatic carbocycles. The standard InChI is InChI=1S/C12H16N2/c1-3-5-10(2)14-12-7-4-6-11(8-12)9-13/h4,6-8,10,14H,3,5H2,1-2H3. The highest BCUT2D eigenvalue weighted by Crippen LogP contribution is 2.12. The Hall–Kier alpha value is -1.49. The number of benzene rings is 1. The van der Waals surface area contributed by atoms with Gasteiger partial charge in [0.15, 0.2) is 0 Å². The monoisotopic (exact) mass is 188 g/mol. The Morgan fingerprint density at radius 3 is 2.93 bits per heavy atom. The van der Waals surface area contributed by atoms with Crippen LogP contribution in [0.1, 0.15) is 32.3 Å². The van der Waals surface area contributed by atoms with Crippen molar-refractivity contribution in [3.63, 3.8) is 0 Å².